The summed E-state index contributed by atoms with van der Waals surface area (Å²) in [4.78, 5) is 22.7. The highest BCUT2D eigenvalue weighted by Gasteiger charge is 2.10. The highest BCUT2D eigenvalue weighted by atomic mass is 16.2. The third-order valence-electron chi connectivity index (χ3n) is 2.48. The first kappa shape index (κ1) is 15.9. The summed E-state index contributed by atoms with van der Waals surface area (Å²) in [6.45, 7) is 4.51. The minimum absolute atomic E-state index is 0.0190. The molecule has 0 bridgehead atoms. The number of rotatable bonds is 9. The molecule has 2 amide bonds. The number of nitrogens with two attached hydrogens (primary N) is 1. The molecule has 0 spiro atoms. The van der Waals surface area contributed by atoms with Gasteiger partial charge in [-0.05, 0) is 12.8 Å². The van der Waals surface area contributed by atoms with E-state index in [4.69, 9.17) is 5.73 Å². The molecule has 1 unspecified atom stereocenters. The molecule has 0 aromatic carbocycles. The van der Waals surface area contributed by atoms with E-state index < -0.39 is 0 Å². The summed E-state index contributed by atoms with van der Waals surface area (Å²) in [5, 5.41) is 5.40. The molecule has 0 saturated heterocycles. The molecule has 0 aliphatic heterocycles. The Morgan fingerprint density at radius 3 is 2.41 bits per heavy atom. The Labute approximate surface area is 104 Å². The normalized spacial score (nSPS) is 11.9. The summed E-state index contributed by atoms with van der Waals surface area (Å²) < 4.78 is 0. The summed E-state index contributed by atoms with van der Waals surface area (Å²) in [7, 11) is 0. The molecule has 0 aromatic rings. The van der Waals surface area contributed by atoms with E-state index in [0.717, 1.165) is 25.7 Å². The van der Waals surface area contributed by atoms with Gasteiger partial charge in [-0.3, -0.25) is 9.59 Å². The Kier molecular flexibility index (Phi) is 9.43. The Balaban J connectivity index is 3.78. The minimum Gasteiger partial charge on any atom is -0.351 e. The second-order valence-corrected chi connectivity index (χ2v) is 4.17. The molecular formula is C12H25N3O2. The lowest BCUT2D eigenvalue weighted by atomic mass is 10.1. The van der Waals surface area contributed by atoms with Gasteiger partial charge in [0.1, 0.15) is 0 Å². The van der Waals surface area contributed by atoms with Gasteiger partial charge in [0.05, 0.1) is 6.54 Å². The van der Waals surface area contributed by atoms with E-state index in [0.29, 0.717) is 13.0 Å². The second-order valence-electron chi connectivity index (χ2n) is 4.17. The molecule has 0 fully saturated rings. The van der Waals surface area contributed by atoms with Gasteiger partial charge < -0.3 is 16.4 Å². The molecule has 100 valence electrons. The van der Waals surface area contributed by atoms with Crippen LogP contribution in [-0.4, -0.2) is 30.9 Å². The summed E-state index contributed by atoms with van der Waals surface area (Å²) in [5.74, 6) is -0.249. The second kappa shape index (κ2) is 10.1. The molecule has 1 atom stereocenters. The van der Waals surface area contributed by atoms with E-state index in [-0.39, 0.29) is 24.4 Å². The van der Waals surface area contributed by atoms with E-state index in [1.54, 1.807) is 0 Å². The van der Waals surface area contributed by atoms with Crippen LogP contribution in [-0.2, 0) is 9.59 Å². The Morgan fingerprint density at radius 2 is 1.88 bits per heavy atom. The van der Waals surface area contributed by atoms with E-state index in [1.807, 2.05) is 6.92 Å². The molecule has 17 heavy (non-hydrogen) atoms. The first-order valence-electron chi connectivity index (χ1n) is 6.40. The maximum Gasteiger partial charge on any atom is 0.239 e. The van der Waals surface area contributed by atoms with Crippen molar-refractivity contribution < 1.29 is 9.59 Å². The third kappa shape index (κ3) is 8.68. The van der Waals surface area contributed by atoms with Crippen LogP contribution in [0.4, 0.5) is 0 Å². The van der Waals surface area contributed by atoms with Gasteiger partial charge in [0.15, 0.2) is 0 Å². The van der Waals surface area contributed by atoms with Gasteiger partial charge in [-0.15, -0.1) is 0 Å². The molecule has 0 heterocycles. The van der Waals surface area contributed by atoms with Crippen LogP contribution in [0.2, 0.25) is 0 Å². The smallest absolute Gasteiger partial charge is 0.239 e. The lowest BCUT2D eigenvalue weighted by molar-refractivity contribution is -0.126. The fourth-order valence-corrected chi connectivity index (χ4v) is 1.47. The Bertz CT molecular complexity index is 232. The fraction of sp³-hybridized carbons (Fsp3) is 0.833. The zero-order valence-electron chi connectivity index (χ0n) is 10.9. The van der Waals surface area contributed by atoms with Crippen molar-refractivity contribution in [3.63, 3.8) is 0 Å². The van der Waals surface area contributed by atoms with Gasteiger partial charge in [-0.25, -0.2) is 0 Å². The highest BCUT2D eigenvalue weighted by molar-refractivity contribution is 5.84. The molecule has 5 nitrogen and oxygen atoms in total. The quantitative estimate of drug-likeness (QED) is 0.552. The first-order chi connectivity index (χ1) is 8.13. The summed E-state index contributed by atoms with van der Waals surface area (Å²) >= 11 is 0. The van der Waals surface area contributed by atoms with E-state index in [9.17, 15) is 9.59 Å². The Morgan fingerprint density at radius 1 is 1.18 bits per heavy atom. The van der Waals surface area contributed by atoms with Crippen LogP contribution in [0.1, 0.15) is 46.0 Å². The predicted molar refractivity (Wildman–Crippen MR) is 68.4 cm³/mol. The van der Waals surface area contributed by atoms with Crippen molar-refractivity contribution in [1.82, 2.24) is 10.6 Å². The Hall–Kier alpha value is -1.10. The molecule has 0 rings (SSSR count). The van der Waals surface area contributed by atoms with Crippen molar-refractivity contribution in [1.29, 1.82) is 0 Å². The third-order valence-corrected chi connectivity index (χ3v) is 2.48. The fourth-order valence-electron chi connectivity index (χ4n) is 1.47. The van der Waals surface area contributed by atoms with Gasteiger partial charge in [-0.1, -0.05) is 26.7 Å². The molecular weight excluding hydrogens is 218 g/mol. The highest BCUT2D eigenvalue weighted by Crippen LogP contribution is 1.98. The number of amides is 2. The van der Waals surface area contributed by atoms with E-state index in [1.165, 1.54) is 0 Å². The molecule has 0 saturated carbocycles. The predicted octanol–water partition coefficient (Wildman–Crippen LogP) is 0.536. The molecule has 0 aliphatic carbocycles. The number of hydrogen-bond donors (Lipinski definition) is 3. The first-order valence-corrected chi connectivity index (χ1v) is 6.40. The van der Waals surface area contributed by atoms with E-state index >= 15 is 0 Å². The molecule has 5 heteroatoms. The monoisotopic (exact) mass is 243 g/mol. The van der Waals surface area contributed by atoms with Gasteiger partial charge in [0.2, 0.25) is 11.8 Å². The number of carbonyl (C=O) groups is 2. The lowest BCUT2D eigenvalue weighted by Gasteiger charge is -2.16. The molecule has 0 aliphatic rings. The van der Waals surface area contributed by atoms with Crippen LogP contribution in [0.25, 0.3) is 0 Å². The molecule has 4 N–H and O–H groups in total. The van der Waals surface area contributed by atoms with Crippen LogP contribution in [0.3, 0.4) is 0 Å². The number of hydrogen-bond acceptors (Lipinski definition) is 3. The minimum atomic E-state index is -0.166. The summed E-state index contributed by atoms with van der Waals surface area (Å²) in [6.07, 6.45) is 4.27. The van der Waals surface area contributed by atoms with Gasteiger partial charge in [-0.2, -0.15) is 0 Å². The maximum atomic E-state index is 11.5. The van der Waals surface area contributed by atoms with Gasteiger partial charge in [0.25, 0.3) is 0 Å². The largest absolute Gasteiger partial charge is 0.351 e. The van der Waals surface area contributed by atoms with Crippen molar-refractivity contribution in [2.24, 2.45) is 5.73 Å². The van der Waals surface area contributed by atoms with Crippen molar-refractivity contribution in [3.8, 4) is 0 Å². The van der Waals surface area contributed by atoms with Gasteiger partial charge >= 0.3 is 0 Å². The van der Waals surface area contributed by atoms with Gasteiger partial charge in [0, 0.05) is 19.0 Å². The number of carbonyl (C=O) groups excluding carboxylic acids is 2. The van der Waals surface area contributed by atoms with E-state index in [2.05, 4.69) is 17.6 Å². The van der Waals surface area contributed by atoms with Crippen LogP contribution in [0.15, 0.2) is 0 Å². The molecule has 0 aromatic heterocycles. The topological polar surface area (TPSA) is 84.2 Å². The average molecular weight is 243 g/mol. The average Bonchev–Trinajstić information content (AvgIpc) is 2.32. The number of unbranched alkanes of at least 4 members (excludes halogenated alkanes) is 1. The van der Waals surface area contributed by atoms with Crippen molar-refractivity contribution >= 4 is 11.8 Å². The summed E-state index contributed by atoms with van der Waals surface area (Å²) in [5.41, 5.74) is 5.56. The maximum absolute atomic E-state index is 11.5. The lowest BCUT2D eigenvalue weighted by Crippen LogP contribution is -2.45. The van der Waals surface area contributed by atoms with Crippen LogP contribution >= 0.6 is 0 Å². The SMILES string of the molecule is CCCCC(CN)NC(=O)CNC(=O)CCC. The zero-order valence-corrected chi connectivity index (χ0v) is 10.9. The van der Waals surface area contributed by atoms with Crippen LogP contribution < -0.4 is 16.4 Å². The van der Waals surface area contributed by atoms with Crippen molar-refractivity contribution in [2.75, 3.05) is 13.1 Å². The summed E-state index contributed by atoms with van der Waals surface area (Å²) in [6, 6.07) is 0.0190. The van der Waals surface area contributed by atoms with Crippen LogP contribution in [0, 0.1) is 0 Å². The standard InChI is InChI=1S/C12H25N3O2/c1-3-5-7-10(8-13)15-12(17)9-14-11(16)6-4-2/h10H,3-9,13H2,1-2H3,(H,14,16)(H,15,17). The molecule has 0 radical (unpaired) electrons. The number of nitrogens with one attached hydrogen (secondary N) is 2. The zero-order chi connectivity index (χ0) is 13.1. The van der Waals surface area contributed by atoms with Crippen molar-refractivity contribution in [2.45, 2.75) is 52.0 Å². The van der Waals surface area contributed by atoms with Crippen LogP contribution in [0.5, 0.6) is 0 Å². The van der Waals surface area contributed by atoms with Crippen molar-refractivity contribution in [3.05, 3.63) is 0 Å².